The molecule has 6 heterocycles. The molecular weight excluding hydrogens is 977 g/mol. The lowest BCUT2D eigenvalue weighted by Gasteiger charge is -2.38. The number of rotatable bonds is 15. The first-order valence-electron chi connectivity index (χ1n) is 25.3. The van der Waals surface area contributed by atoms with Gasteiger partial charge in [0.15, 0.2) is 0 Å². The SMILES string of the molecule is Cc1cc(NC(=O)c2ccc(NS(C)(=O)=O)cc2N2CCC3(CC2)CC3N(c2ccc(C(=O)Nc3ccnc(N4CCO[C@H](C)C4)n3)c(N3CCC4(CC3)CC4)c2)S(=O)(=O)CCO)nc(N2CCO[C@H](C)C2)n1. The molecule has 10 rings (SSSR count). The minimum absolute atomic E-state index is 0.00406. The molecular formula is C50H66N12O9S2. The highest BCUT2D eigenvalue weighted by molar-refractivity contribution is 7.92. The number of carbonyl (C=O) groups excluding carboxylic acids is 2. The first-order chi connectivity index (χ1) is 34.9. The second-order valence-electron chi connectivity index (χ2n) is 20.8. The summed E-state index contributed by atoms with van der Waals surface area (Å²) in [5, 5.41) is 16.1. The lowest BCUT2D eigenvalue weighted by atomic mass is 9.91. The molecule has 2 aromatic heterocycles. The van der Waals surface area contributed by atoms with Crippen LogP contribution in [0.1, 0.15) is 85.2 Å². The van der Waals surface area contributed by atoms with Crippen LogP contribution in [0.2, 0.25) is 0 Å². The van der Waals surface area contributed by atoms with Gasteiger partial charge in [0, 0.05) is 70.3 Å². The summed E-state index contributed by atoms with van der Waals surface area (Å²) in [5.41, 5.74) is 3.14. The highest BCUT2D eigenvalue weighted by atomic mass is 32.2. The van der Waals surface area contributed by atoms with Crippen molar-refractivity contribution < 1.29 is 41.0 Å². The number of aryl methyl sites for hydroxylation is 1. The van der Waals surface area contributed by atoms with Gasteiger partial charge in [-0.25, -0.2) is 26.8 Å². The second kappa shape index (κ2) is 20.1. The molecule has 1 unspecified atom stereocenters. The third-order valence-electron chi connectivity index (χ3n) is 15.3. The van der Waals surface area contributed by atoms with E-state index >= 15 is 0 Å². The number of morpholine rings is 2. The van der Waals surface area contributed by atoms with E-state index in [2.05, 4.69) is 40.2 Å². The third kappa shape index (κ3) is 11.3. The number of amides is 2. The van der Waals surface area contributed by atoms with E-state index in [9.17, 15) is 31.5 Å². The van der Waals surface area contributed by atoms with Crippen LogP contribution in [0, 0.1) is 17.8 Å². The van der Waals surface area contributed by atoms with Crippen LogP contribution >= 0.6 is 0 Å². The van der Waals surface area contributed by atoms with Gasteiger partial charge in [-0.3, -0.25) is 18.6 Å². The summed E-state index contributed by atoms with van der Waals surface area (Å²) in [7, 11) is -7.72. The van der Waals surface area contributed by atoms with E-state index in [1.54, 1.807) is 48.7 Å². The number of hydrogen-bond donors (Lipinski definition) is 4. The molecule has 2 aromatic carbocycles. The molecule has 392 valence electrons. The number of ether oxygens (including phenoxy) is 2. The Kier molecular flexibility index (Phi) is 13.9. The van der Waals surface area contributed by atoms with Crippen molar-refractivity contribution in [2.24, 2.45) is 10.8 Å². The monoisotopic (exact) mass is 1040 g/mol. The first-order valence-corrected chi connectivity index (χ1v) is 28.8. The van der Waals surface area contributed by atoms with Crippen molar-refractivity contribution in [3.8, 4) is 0 Å². The third-order valence-corrected chi connectivity index (χ3v) is 17.7. The number of carbonyl (C=O) groups is 2. The van der Waals surface area contributed by atoms with Gasteiger partial charge in [-0.2, -0.15) is 9.97 Å². The van der Waals surface area contributed by atoms with Crippen LogP contribution in [0.3, 0.4) is 0 Å². The highest BCUT2D eigenvalue weighted by Gasteiger charge is 2.60. The number of aliphatic hydroxyl groups excluding tert-OH is 1. The number of nitrogens with one attached hydrogen (secondary N) is 3. The number of anilines is 8. The molecule has 2 amide bonds. The topological polar surface area (TPSA) is 245 Å². The zero-order valence-electron chi connectivity index (χ0n) is 41.9. The van der Waals surface area contributed by atoms with Crippen molar-refractivity contribution in [2.75, 3.05) is 123 Å². The molecule has 0 radical (unpaired) electrons. The van der Waals surface area contributed by atoms with Gasteiger partial charge in [-0.05, 0) is 119 Å². The maximum atomic E-state index is 14.4. The summed E-state index contributed by atoms with van der Waals surface area (Å²) in [5.74, 6) is 0.343. The van der Waals surface area contributed by atoms with Crippen LogP contribution in [0.25, 0.3) is 0 Å². The van der Waals surface area contributed by atoms with Gasteiger partial charge < -0.3 is 44.8 Å². The van der Waals surface area contributed by atoms with Crippen LogP contribution in [-0.4, -0.2) is 156 Å². The Bertz CT molecular complexity index is 2960. The Balaban J connectivity index is 0.906. The van der Waals surface area contributed by atoms with Crippen molar-refractivity contribution in [1.82, 2.24) is 19.9 Å². The van der Waals surface area contributed by atoms with Crippen LogP contribution in [-0.2, 0) is 29.5 Å². The molecule has 2 aliphatic carbocycles. The Morgan fingerprint density at radius 3 is 1.93 bits per heavy atom. The number of benzene rings is 2. The van der Waals surface area contributed by atoms with Gasteiger partial charge >= 0.3 is 0 Å². The fourth-order valence-corrected chi connectivity index (χ4v) is 13.2. The summed E-state index contributed by atoms with van der Waals surface area (Å²) in [6, 6.07) is 12.9. The van der Waals surface area contributed by atoms with E-state index < -0.39 is 49.8 Å². The minimum atomic E-state index is -4.07. The quantitative estimate of drug-likeness (QED) is 0.128. The van der Waals surface area contributed by atoms with Crippen molar-refractivity contribution in [3.63, 3.8) is 0 Å². The van der Waals surface area contributed by atoms with E-state index in [0.717, 1.165) is 32.2 Å². The molecule has 0 bridgehead atoms. The number of hydrogen-bond acceptors (Lipinski definition) is 17. The van der Waals surface area contributed by atoms with E-state index in [4.69, 9.17) is 9.47 Å². The molecule has 4 aromatic rings. The number of aliphatic hydroxyl groups is 1. The van der Waals surface area contributed by atoms with Crippen LogP contribution in [0.4, 0.5) is 46.3 Å². The van der Waals surface area contributed by atoms with E-state index in [0.29, 0.717) is 140 Å². The van der Waals surface area contributed by atoms with Crippen molar-refractivity contribution in [1.29, 1.82) is 0 Å². The molecule has 73 heavy (non-hydrogen) atoms. The molecule has 21 nitrogen and oxygen atoms in total. The average Bonchev–Trinajstić information content (AvgIpc) is 4.27. The Morgan fingerprint density at radius 1 is 0.726 bits per heavy atom. The van der Waals surface area contributed by atoms with Crippen LogP contribution < -0.4 is 39.3 Å². The molecule has 23 heteroatoms. The fraction of sp³-hybridized carbons (Fsp3) is 0.560. The predicted molar refractivity (Wildman–Crippen MR) is 280 cm³/mol. The molecule has 2 saturated carbocycles. The maximum absolute atomic E-state index is 14.4. The molecule has 6 aliphatic rings. The van der Waals surface area contributed by atoms with Crippen LogP contribution in [0.15, 0.2) is 54.7 Å². The van der Waals surface area contributed by atoms with Gasteiger partial charge in [0.05, 0.1) is 84.0 Å². The molecule has 2 spiro atoms. The molecule has 3 atom stereocenters. The van der Waals surface area contributed by atoms with Crippen molar-refractivity contribution in [3.05, 3.63) is 71.5 Å². The zero-order chi connectivity index (χ0) is 51.3. The van der Waals surface area contributed by atoms with E-state index in [1.165, 1.54) is 17.1 Å². The van der Waals surface area contributed by atoms with Crippen molar-refractivity contribution >= 4 is 78.1 Å². The Morgan fingerprint density at radius 2 is 1.32 bits per heavy atom. The summed E-state index contributed by atoms with van der Waals surface area (Å²) in [4.78, 5) is 55.3. The lowest BCUT2D eigenvalue weighted by molar-refractivity contribution is 0.0525. The molecule has 4 aliphatic heterocycles. The summed E-state index contributed by atoms with van der Waals surface area (Å²) < 4.78 is 69.1. The number of piperidine rings is 2. The summed E-state index contributed by atoms with van der Waals surface area (Å²) >= 11 is 0. The smallest absolute Gasteiger partial charge is 0.258 e. The average molecular weight is 1040 g/mol. The maximum Gasteiger partial charge on any atom is 0.258 e. The second-order valence-corrected chi connectivity index (χ2v) is 24.5. The van der Waals surface area contributed by atoms with Gasteiger partial charge in [0.25, 0.3) is 11.8 Å². The van der Waals surface area contributed by atoms with Gasteiger partial charge in [0.2, 0.25) is 31.9 Å². The molecule has 4 saturated heterocycles. The van der Waals surface area contributed by atoms with E-state index in [-0.39, 0.29) is 18.1 Å². The molecule has 4 N–H and O–H groups in total. The van der Waals surface area contributed by atoms with E-state index in [1.807, 2.05) is 41.5 Å². The number of sulfonamides is 2. The zero-order valence-corrected chi connectivity index (χ0v) is 43.6. The number of aromatic nitrogens is 4. The van der Waals surface area contributed by atoms with Gasteiger partial charge in [0.1, 0.15) is 11.6 Å². The summed E-state index contributed by atoms with van der Waals surface area (Å²) in [6.07, 6.45) is 8.72. The van der Waals surface area contributed by atoms with Gasteiger partial charge in [-0.1, -0.05) is 0 Å². The predicted octanol–water partition coefficient (Wildman–Crippen LogP) is 4.47. The lowest BCUT2D eigenvalue weighted by Crippen LogP contribution is -2.43. The first kappa shape index (κ1) is 50.6. The highest BCUT2D eigenvalue weighted by Crippen LogP contribution is 2.59. The minimum Gasteiger partial charge on any atom is -0.395 e. The summed E-state index contributed by atoms with van der Waals surface area (Å²) in [6.45, 7) is 11.1. The Labute approximate surface area is 427 Å². The standard InChI is InChI=1S/C50H66N12O9S2/c1-33-27-44(56-48(52-33)61-22-25-71-35(3)32-61)54-46(65)38-7-5-36(57-72(4,66)67)28-40(38)59-19-14-50(15-20-59)30-42(50)62(73(68,69)26-23-63)37-6-8-39(41(29-37)58-17-12-49(10-11-49)13-18-58)45(64)53-43-9-16-51-47(55-43)60-21-24-70-34(2)31-60/h5-9,16,27-29,34-35,42,57,63H,10-15,17-26,30-32H2,1-4H3,(H,51,53,55,64)(H,52,54,56,65)/t34-,35-,42?/m1/s1. The normalized spacial score (nSPS) is 22.5. The largest absolute Gasteiger partial charge is 0.395 e. The fourth-order valence-electron chi connectivity index (χ4n) is 11.1. The molecule has 6 fully saturated rings. The van der Waals surface area contributed by atoms with Gasteiger partial charge in [-0.15, -0.1) is 0 Å². The van der Waals surface area contributed by atoms with Crippen molar-refractivity contribution in [2.45, 2.75) is 84.0 Å². The Hall–Kier alpha value is -5.88. The van der Waals surface area contributed by atoms with Crippen LogP contribution in [0.5, 0.6) is 0 Å². The number of nitrogens with zero attached hydrogens (tertiary/aromatic N) is 9.